The number of benzene rings is 3. The van der Waals surface area contributed by atoms with E-state index in [1.54, 1.807) is 47.0 Å². The highest BCUT2D eigenvalue weighted by atomic mass is 35.5. The van der Waals surface area contributed by atoms with Crippen LogP contribution in [-0.2, 0) is 4.79 Å². The molecule has 8 heteroatoms. The average molecular weight is 439 g/mol. The minimum absolute atomic E-state index is 0.106. The van der Waals surface area contributed by atoms with Gasteiger partial charge in [0.05, 0.1) is 11.3 Å². The maximum absolute atomic E-state index is 14.4. The van der Waals surface area contributed by atoms with E-state index in [0.717, 1.165) is 5.69 Å². The van der Waals surface area contributed by atoms with E-state index in [9.17, 15) is 9.18 Å². The molecule has 5 nitrogen and oxygen atoms in total. The van der Waals surface area contributed by atoms with Crippen molar-refractivity contribution >= 4 is 35.0 Å². The van der Waals surface area contributed by atoms with Crippen LogP contribution in [0.2, 0.25) is 5.02 Å². The van der Waals surface area contributed by atoms with Gasteiger partial charge in [-0.15, -0.1) is 10.2 Å². The number of aromatic nitrogens is 3. The van der Waals surface area contributed by atoms with Crippen molar-refractivity contribution in [3.8, 4) is 17.1 Å². The van der Waals surface area contributed by atoms with Gasteiger partial charge in [-0.05, 0) is 42.5 Å². The van der Waals surface area contributed by atoms with Crippen LogP contribution >= 0.6 is 23.4 Å². The molecule has 0 saturated carbocycles. The molecule has 0 spiro atoms. The van der Waals surface area contributed by atoms with Gasteiger partial charge in [0, 0.05) is 16.4 Å². The molecule has 30 heavy (non-hydrogen) atoms. The Hall–Kier alpha value is -3.16. The van der Waals surface area contributed by atoms with Crippen molar-refractivity contribution in [1.82, 2.24) is 14.8 Å². The summed E-state index contributed by atoms with van der Waals surface area (Å²) in [6.07, 6.45) is 0. The highest BCUT2D eigenvalue weighted by Crippen LogP contribution is 2.29. The second-order valence-electron chi connectivity index (χ2n) is 6.30. The second-order valence-corrected chi connectivity index (χ2v) is 7.68. The van der Waals surface area contributed by atoms with E-state index in [4.69, 9.17) is 11.6 Å². The van der Waals surface area contributed by atoms with Crippen molar-refractivity contribution in [3.05, 3.63) is 89.7 Å². The summed E-state index contributed by atoms with van der Waals surface area (Å²) in [7, 11) is 0. The summed E-state index contributed by atoms with van der Waals surface area (Å²) in [5.74, 6) is -0.124. The summed E-state index contributed by atoms with van der Waals surface area (Å²) >= 11 is 7.17. The lowest BCUT2D eigenvalue weighted by molar-refractivity contribution is -0.113. The summed E-state index contributed by atoms with van der Waals surface area (Å²) in [5, 5.41) is 12.2. The molecule has 1 amide bonds. The second kappa shape index (κ2) is 9.11. The zero-order valence-corrected chi connectivity index (χ0v) is 17.2. The Bertz CT molecular complexity index is 1180. The van der Waals surface area contributed by atoms with Gasteiger partial charge in [-0.3, -0.25) is 9.36 Å². The third kappa shape index (κ3) is 4.53. The Morgan fingerprint density at radius 1 is 1.00 bits per heavy atom. The Kier molecular flexibility index (Phi) is 6.11. The lowest BCUT2D eigenvalue weighted by Gasteiger charge is -2.11. The number of thioether (sulfide) groups is 1. The zero-order valence-electron chi connectivity index (χ0n) is 15.6. The van der Waals surface area contributed by atoms with Gasteiger partial charge in [-0.25, -0.2) is 4.39 Å². The maximum Gasteiger partial charge on any atom is 0.234 e. The molecule has 3 aromatic carbocycles. The number of hydrogen-bond acceptors (Lipinski definition) is 4. The van der Waals surface area contributed by atoms with Crippen molar-refractivity contribution in [2.75, 3.05) is 11.1 Å². The van der Waals surface area contributed by atoms with E-state index in [1.807, 2.05) is 30.3 Å². The third-order valence-electron chi connectivity index (χ3n) is 4.20. The Balaban J connectivity index is 1.60. The first-order valence-corrected chi connectivity index (χ1v) is 10.4. The molecular formula is C22H16ClFN4OS. The largest absolute Gasteiger partial charge is 0.325 e. The first-order chi connectivity index (χ1) is 14.6. The lowest BCUT2D eigenvalue weighted by Crippen LogP contribution is -2.14. The van der Waals surface area contributed by atoms with E-state index in [2.05, 4.69) is 15.5 Å². The Labute approximate surface area is 181 Å². The van der Waals surface area contributed by atoms with Gasteiger partial charge < -0.3 is 5.32 Å². The monoisotopic (exact) mass is 438 g/mol. The maximum atomic E-state index is 14.4. The minimum atomic E-state index is -0.391. The van der Waals surface area contributed by atoms with Crippen LogP contribution in [-0.4, -0.2) is 26.4 Å². The number of nitrogens with one attached hydrogen (secondary N) is 1. The van der Waals surface area contributed by atoms with E-state index < -0.39 is 5.82 Å². The van der Waals surface area contributed by atoms with E-state index >= 15 is 0 Å². The molecule has 1 N–H and O–H groups in total. The van der Waals surface area contributed by atoms with Crippen LogP contribution in [0.3, 0.4) is 0 Å². The van der Waals surface area contributed by atoms with E-state index in [0.29, 0.717) is 27.3 Å². The minimum Gasteiger partial charge on any atom is -0.325 e. The molecule has 150 valence electrons. The van der Waals surface area contributed by atoms with Gasteiger partial charge in [0.25, 0.3) is 0 Å². The fourth-order valence-corrected chi connectivity index (χ4v) is 3.83. The molecule has 0 radical (unpaired) electrons. The predicted octanol–water partition coefficient (Wildman–Crippen LogP) is 5.46. The van der Waals surface area contributed by atoms with Crippen molar-refractivity contribution in [1.29, 1.82) is 0 Å². The summed E-state index contributed by atoms with van der Waals surface area (Å²) in [6, 6.07) is 22.7. The number of hydrogen-bond donors (Lipinski definition) is 1. The number of rotatable bonds is 6. The average Bonchev–Trinajstić information content (AvgIpc) is 3.17. The summed E-state index contributed by atoms with van der Waals surface area (Å²) < 4.78 is 16.2. The van der Waals surface area contributed by atoms with Gasteiger partial charge in [-0.2, -0.15) is 0 Å². The molecule has 0 aliphatic carbocycles. The van der Waals surface area contributed by atoms with Crippen molar-refractivity contribution in [2.45, 2.75) is 5.16 Å². The molecule has 1 heterocycles. The van der Waals surface area contributed by atoms with Crippen LogP contribution in [0.5, 0.6) is 0 Å². The van der Waals surface area contributed by atoms with Crippen LogP contribution in [0.15, 0.2) is 84.0 Å². The first kappa shape index (κ1) is 20.1. The summed E-state index contributed by atoms with van der Waals surface area (Å²) in [4.78, 5) is 12.4. The summed E-state index contributed by atoms with van der Waals surface area (Å²) in [5.41, 5.74) is 1.73. The van der Waals surface area contributed by atoms with Crippen molar-refractivity contribution < 1.29 is 9.18 Å². The van der Waals surface area contributed by atoms with Crippen molar-refractivity contribution in [2.24, 2.45) is 0 Å². The van der Waals surface area contributed by atoms with E-state index in [1.165, 1.54) is 17.8 Å². The number of amides is 1. The standard InChI is InChI=1S/C22H16ClFN4OS/c23-15-7-6-8-16(13-15)25-20(29)14-30-22-27-26-21(18-11-4-5-12-19(18)24)28(22)17-9-2-1-3-10-17/h1-13H,14H2,(H,25,29). The predicted molar refractivity (Wildman–Crippen MR) is 118 cm³/mol. The molecule has 0 unspecified atom stereocenters. The highest BCUT2D eigenvalue weighted by Gasteiger charge is 2.19. The lowest BCUT2D eigenvalue weighted by atomic mass is 10.2. The Morgan fingerprint density at radius 2 is 1.77 bits per heavy atom. The Morgan fingerprint density at radius 3 is 2.53 bits per heavy atom. The molecule has 4 aromatic rings. The number of para-hydroxylation sites is 1. The molecule has 1 aromatic heterocycles. The fourth-order valence-electron chi connectivity index (χ4n) is 2.88. The highest BCUT2D eigenvalue weighted by molar-refractivity contribution is 7.99. The zero-order chi connectivity index (χ0) is 20.9. The molecule has 0 saturated heterocycles. The normalized spacial score (nSPS) is 10.7. The van der Waals surface area contributed by atoms with Gasteiger partial charge in [0.15, 0.2) is 11.0 Å². The van der Waals surface area contributed by atoms with Gasteiger partial charge in [0.1, 0.15) is 5.82 Å². The molecule has 0 aliphatic rings. The number of anilines is 1. The van der Waals surface area contributed by atoms with Crippen LogP contribution in [0, 0.1) is 5.82 Å². The smallest absolute Gasteiger partial charge is 0.234 e. The molecule has 0 bridgehead atoms. The molecule has 0 atom stereocenters. The third-order valence-corrected chi connectivity index (χ3v) is 5.37. The van der Waals surface area contributed by atoms with Gasteiger partial charge in [0.2, 0.25) is 5.91 Å². The number of carbonyl (C=O) groups is 1. The van der Waals surface area contributed by atoms with Gasteiger partial charge in [-0.1, -0.05) is 59.8 Å². The first-order valence-electron chi connectivity index (χ1n) is 9.06. The van der Waals surface area contributed by atoms with Crippen LogP contribution in [0.1, 0.15) is 0 Å². The SMILES string of the molecule is O=C(CSc1nnc(-c2ccccc2F)n1-c1ccccc1)Nc1cccc(Cl)c1. The van der Waals surface area contributed by atoms with Crippen molar-refractivity contribution in [3.63, 3.8) is 0 Å². The van der Waals surface area contributed by atoms with Crippen LogP contribution in [0.25, 0.3) is 17.1 Å². The molecule has 0 aliphatic heterocycles. The van der Waals surface area contributed by atoms with Crippen LogP contribution in [0.4, 0.5) is 10.1 Å². The number of halogens is 2. The topological polar surface area (TPSA) is 59.8 Å². The van der Waals surface area contributed by atoms with E-state index in [-0.39, 0.29) is 11.7 Å². The quantitative estimate of drug-likeness (QED) is 0.406. The fraction of sp³-hybridized carbons (Fsp3) is 0.0455. The number of carbonyl (C=O) groups excluding carboxylic acids is 1. The molecular weight excluding hydrogens is 423 g/mol. The molecule has 0 fully saturated rings. The number of nitrogens with zero attached hydrogens (tertiary/aromatic N) is 3. The van der Waals surface area contributed by atoms with Crippen LogP contribution < -0.4 is 5.32 Å². The van der Waals surface area contributed by atoms with Gasteiger partial charge >= 0.3 is 0 Å². The summed E-state index contributed by atoms with van der Waals surface area (Å²) in [6.45, 7) is 0. The molecule has 4 rings (SSSR count).